The van der Waals surface area contributed by atoms with Crippen molar-refractivity contribution in [1.29, 1.82) is 0 Å². The van der Waals surface area contributed by atoms with Gasteiger partial charge >= 0.3 is 0 Å². The van der Waals surface area contributed by atoms with Gasteiger partial charge in [0, 0.05) is 5.02 Å². The molecule has 1 aromatic heterocycles. The molecule has 0 saturated heterocycles. The van der Waals surface area contributed by atoms with Crippen LogP contribution in [0.25, 0.3) is 0 Å². The SMILES string of the molecule is C[C@@H](NC(=O)c1cc2n(n1)C[C@H](c1ccc(Cl)cc1)OC2)c1ccccc1. The van der Waals surface area contributed by atoms with Gasteiger partial charge in [0.1, 0.15) is 6.10 Å². The van der Waals surface area contributed by atoms with E-state index >= 15 is 0 Å². The minimum atomic E-state index is -0.184. The van der Waals surface area contributed by atoms with E-state index in [0.29, 0.717) is 23.9 Å². The van der Waals surface area contributed by atoms with Gasteiger partial charge in [-0.15, -0.1) is 0 Å². The highest BCUT2D eigenvalue weighted by molar-refractivity contribution is 6.30. The van der Waals surface area contributed by atoms with Crippen molar-refractivity contribution < 1.29 is 9.53 Å². The first-order valence-electron chi connectivity index (χ1n) is 8.90. The maximum absolute atomic E-state index is 12.6. The second kappa shape index (κ2) is 7.55. The number of halogens is 1. The molecule has 2 aromatic carbocycles. The van der Waals surface area contributed by atoms with E-state index < -0.39 is 0 Å². The number of benzene rings is 2. The van der Waals surface area contributed by atoms with Crippen LogP contribution in [0.2, 0.25) is 5.02 Å². The van der Waals surface area contributed by atoms with E-state index in [-0.39, 0.29) is 18.1 Å². The smallest absolute Gasteiger partial charge is 0.272 e. The van der Waals surface area contributed by atoms with Gasteiger partial charge in [0.05, 0.1) is 24.9 Å². The molecule has 1 amide bonds. The number of carbonyl (C=O) groups is 1. The lowest BCUT2D eigenvalue weighted by molar-refractivity contribution is -0.00119. The molecule has 2 atom stereocenters. The quantitative estimate of drug-likeness (QED) is 0.733. The molecule has 0 aliphatic carbocycles. The van der Waals surface area contributed by atoms with Crippen LogP contribution in [-0.4, -0.2) is 15.7 Å². The third-order valence-corrected chi connectivity index (χ3v) is 5.01. The highest BCUT2D eigenvalue weighted by atomic mass is 35.5. The highest BCUT2D eigenvalue weighted by Crippen LogP contribution is 2.27. The van der Waals surface area contributed by atoms with E-state index in [2.05, 4.69) is 10.4 Å². The van der Waals surface area contributed by atoms with Crippen LogP contribution in [0.4, 0.5) is 0 Å². The van der Waals surface area contributed by atoms with Crippen molar-refractivity contribution in [3.05, 3.63) is 88.2 Å². The molecule has 0 bridgehead atoms. The van der Waals surface area contributed by atoms with Crippen LogP contribution in [0.3, 0.4) is 0 Å². The summed E-state index contributed by atoms with van der Waals surface area (Å²) < 4.78 is 7.79. The van der Waals surface area contributed by atoms with Crippen molar-refractivity contribution >= 4 is 17.5 Å². The Hall–Kier alpha value is -2.63. The molecule has 3 aromatic rings. The Morgan fingerprint density at radius 1 is 1.22 bits per heavy atom. The first kappa shape index (κ1) is 17.8. The summed E-state index contributed by atoms with van der Waals surface area (Å²) in [5.74, 6) is -0.184. The Morgan fingerprint density at radius 2 is 1.96 bits per heavy atom. The molecular formula is C21H20ClN3O2. The van der Waals surface area contributed by atoms with Gasteiger partial charge in [-0.25, -0.2) is 0 Å². The molecule has 6 heteroatoms. The van der Waals surface area contributed by atoms with Gasteiger partial charge in [-0.05, 0) is 36.2 Å². The van der Waals surface area contributed by atoms with E-state index in [9.17, 15) is 4.79 Å². The lowest BCUT2D eigenvalue weighted by Gasteiger charge is -2.24. The predicted molar refractivity (Wildman–Crippen MR) is 104 cm³/mol. The Bertz CT molecular complexity index is 938. The molecule has 0 saturated carbocycles. The topological polar surface area (TPSA) is 56.2 Å². The molecule has 0 fully saturated rings. The number of hydrogen-bond acceptors (Lipinski definition) is 3. The van der Waals surface area contributed by atoms with Crippen molar-refractivity contribution in [2.75, 3.05) is 0 Å². The standard InChI is InChI=1S/C21H20ClN3O2/c1-14(15-5-3-2-4-6-15)23-21(26)19-11-18-13-27-20(12-25(18)24-19)16-7-9-17(22)10-8-16/h2-11,14,20H,12-13H2,1H3,(H,23,26)/t14-,20-/m1/s1. The van der Waals surface area contributed by atoms with Crippen LogP contribution < -0.4 is 5.32 Å². The van der Waals surface area contributed by atoms with Crippen LogP contribution in [0.5, 0.6) is 0 Å². The largest absolute Gasteiger partial charge is 0.365 e. The van der Waals surface area contributed by atoms with Crippen LogP contribution >= 0.6 is 11.6 Å². The van der Waals surface area contributed by atoms with Crippen LogP contribution in [0, 0.1) is 0 Å². The van der Waals surface area contributed by atoms with Crippen molar-refractivity contribution in [2.24, 2.45) is 0 Å². The zero-order valence-corrected chi connectivity index (χ0v) is 15.7. The van der Waals surface area contributed by atoms with Crippen molar-refractivity contribution in [1.82, 2.24) is 15.1 Å². The molecule has 2 heterocycles. The zero-order chi connectivity index (χ0) is 18.8. The second-order valence-electron chi connectivity index (χ2n) is 6.66. The van der Waals surface area contributed by atoms with Gasteiger partial charge in [0.15, 0.2) is 5.69 Å². The minimum absolute atomic E-state index is 0.0875. The molecule has 1 N–H and O–H groups in total. The van der Waals surface area contributed by atoms with E-state index in [1.54, 1.807) is 6.07 Å². The number of rotatable bonds is 4. The molecule has 5 nitrogen and oxygen atoms in total. The average molecular weight is 382 g/mol. The molecule has 138 valence electrons. The third kappa shape index (κ3) is 3.89. The summed E-state index contributed by atoms with van der Waals surface area (Å²) in [6.45, 7) is 2.95. The molecule has 0 unspecified atom stereocenters. The van der Waals surface area contributed by atoms with Crippen LogP contribution in [-0.2, 0) is 17.9 Å². The van der Waals surface area contributed by atoms with E-state index in [4.69, 9.17) is 16.3 Å². The number of ether oxygens (including phenoxy) is 1. The number of aromatic nitrogens is 2. The van der Waals surface area contributed by atoms with Crippen LogP contribution in [0.15, 0.2) is 60.7 Å². The average Bonchev–Trinajstić information content (AvgIpc) is 3.13. The first-order chi connectivity index (χ1) is 13.1. The summed E-state index contributed by atoms with van der Waals surface area (Å²) in [5, 5.41) is 8.18. The lowest BCUT2D eigenvalue weighted by Crippen LogP contribution is -2.27. The number of carbonyl (C=O) groups excluding carboxylic acids is 1. The summed E-state index contributed by atoms with van der Waals surface area (Å²) >= 11 is 5.95. The molecule has 1 aliphatic rings. The maximum atomic E-state index is 12.6. The number of nitrogens with zero attached hydrogens (tertiary/aromatic N) is 2. The van der Waals surface area contributed by atoms with Gasteiger partial charge in [0.25, 0.3) is 5.91 Å². The number of amides is 1. The Morgan fingerprint density at radius 3 is 2.70 bits per heavy atom. The predicted octanol–water partition coefficient (Wildman–Crippen LogP) is 4.30. The highest BCUT2D eigenvalue weighted by Gasteiger charge is 2.24. The summed E-state index contributed by atoms with van der Waals surface area (Å²) in [5.41, 5.74) is 3.41. The molecule has 1 aliphatic heterocycles. The van der Waals surface area contributed by atoms with E-state index in [1.165, 1.54) is 0 Å². The molecule has 4 rings (SSSR count). The molecule has 0 spiro atoms. The summed E-state index contributed by atoms with van der Waals surface area (Å²) in [6.07, 6.45) is -0.103. The van der Waals surface area contributed by atoms with Crippen molar-refractivity contribution in [3.8, 4) is 0 Å². The maximum Gasteiger partial charge on any atom is 0.272 e. The van der Waals surface area contributed by atoms with Gasteiger partial charge in [-0.1, -0.05) is 54.1 Å². The van der Waals surface area contributed by atoms with Gasteiger partial charge in [-0.2, -0.15) is 5.10 Å². The summed E-state index contributed by atoms with van der Waals surface area (Å²) in [6, 6.07) is 19.2. The number of hydrogen-bond donors (Lipinski definition) is 1. The Labute approximate surface area is 162 Å². The first-order valence-corrected chi connectivity index (χ1v) is 9.27. The van der Waals surface area contributed by atoms with Crippen LogP contribution in [0.1, 0.15) is 46.4 Å². The Balaban J connectivity index is 1.46. The second-order valence-corrected chi connectivity index (χ2v) is 7.10. The fraction of sp³-hybridized carbons (Fsp3) is 0.238. The molecule has 0 radical (unpaired) electrons. The Kier molecular flexibility index (Phi) is 4.97. The minimum Gasteiger partial charge on any atom is -0.365 e. The number of fused-ring (bicyclic) bond motifs is 1. The molecular weight excluding hydrogens is 362 g/mol. The normalized spacial score (nSPS) is 17.2. The lowest BCUT2D eigenvalue weighted by atomic mass is 10.1. The summed E-state index contributed by atoms with van der Waals surface area (Å²) in [7, 11) is 0. The fourth-order valence-corrected chi connectivity index (χ4v) is 3.34. The van der Waals surface area contributed by atoms with Crippen molar-refractivity contribution in [2.45, 2.75) is 32.2 Å². The van der Waals surface area contributed by atoms with Gasteiger partial charge in [-0.3, -0.25) is 9.48 Å². The van der Waals surface area contributed by atoms with E-state index in [1.807, 2.05) is 66.2 Å². The third-order valence-electron chi connectivity index (χ3n) is 4.76. The monoisotopic (exact) mass is 381 g/mol. The zero-order valence-electron chi connectivity index (χ0n) is 14.9. The van der Waals surface area contributed by atoms with Gasteiger partial charge in [0.2, 0.25) is 0 Å². The van der Waals surface area contributed by atoms with Gasteiger partial charge < -0.3 is 10.1 Å². The fourth-order valence-electron chi connectivity index (χ4n) is 3.21. The number of nitrogens with one attached hydrogen (secondary N) is 1. The summed E-state index contributed by atoms with van der Waals surface area (Å²) in [4.78, 5) is 12.6. The van der Waals surface area contributed by atoms with E-state index in [0.717, 1.165) is 16.8 Å². The molecule has 27 heavy (non-hydrogen) atoms. The van der Waals surface area contributed by atoms with Crippen molar-refractivity contribution in [3.63, 3.8) is 0 Å².